The average Bonchev–Trinajstić information content (AvgIpc) is 2.88. The van der Waals surface area contributed by atoms with Crippen molar-refractivity contribution in [1.82, 2.24) is 0 Å². The summed E-state index contributed by atoms with van der Waals surface area (Å²) in [6.45, 7) is -0.404. The summed E-state index contributed by atoms with van der Waals surface area (Å²) in [5.74, 6) is -1.01. The number of carbonyl (C=O) groups is 3. The molecule has 1 aliphatic rings. The van der Waals surface area contributed by atoms with Crippen LogP contribution in [-0.2, 0) is 16.0 Å². The van der Waals surface area contributed by atoms with Crippen molar-refractivity contribution < 1.29 is 19.1 Å². The van der Waals surface area contributed by atoms with Crippen molar-refractivity contribution in [3.8, 4) is 0 Å². The number of esters is 1. The number of ether oxygens (including phenoxy) is 1. The van der Waals surface area contributed by atoms with Gasteiger partial charge < -0.3 is 10.5 Å². The Labute approximate surface area is 138 Å². The molecule has 0 fully saturated rings. The lowest BCUT2D eigenvalue weighted by atomic mass is 10.0. The first-order chi connectivity index (χ1) is 11.6. The van der Waals surface area contributed by atoms with Crippen molar-refractivity contribution in [1.29, 1.82) is 0 Å². The van der Waals surface area contributed by atoms with Crippen LogP contribution in [0.3, 0.4) is 0 Å². The van der Waals surface area contributed by atoms with Crippen LogP contribution in [0, 0.1) is 0 Å². The predicted octanol–water partition coefficient (Wildman–Crippen LogP) is 1.92. The second-order valence-corrected chi connectivity index (χ2v) is 5.40. The van der Waals surface area contributed by atoms with Crippen molar-refractivity contribution in [3.63, 3.8) is 0 Å². The third-order valence-corrected chi connectivity index (χ3v) is 3.88. The Kier molecular flexibility index (Phi) is 4.39. The van der Waals surface area contributed by atoms with Crippen molar-refractivity contribution in [2.75, 3.05) is 11.4 Å². The molecule has 1 unspecified atom stereocenters. The summed E-state index contributed by atoms with van der Waals surface area (Å²) in [5.41, 5.74) is 6.98. The highest BCUT2D eigenvalue weighted by atomic mass is 16.6. The molecular formula is C18H16N2O4. The largest absolute Gasteiger partial charge is 0.422 e. The molecule has 0 aliphatic carbocycles. The van der Waals surface area contributed by atoms with Gasteiger partial charge in [-0.05, 0) is 17.7 Å². The van der Waals surface area contributed by atoms with Crippen LogP contribution in [0.1, 0.15) is 15.9 Å². The van der Waals surface area contributed by atoms with E-state index in [0.29, 0.717) is 17.7 Å². The second kappa shape index (κ2) is 6.64. The minimum absolute atomic E-state index is 0.174. The maximum atomic E-state index is 12.7. The SMILES string of the molecule is NCC(=O)OC(=O)N1c2ccccc2C(=O)C1Cc1ccccc1. The lowest BCUT2D eigenvalue weighted by Gasteiger charge is -2.23. The molecule has 0 spiro atoms. The maximum Gasteiger partial charge on any atom is 0.422 e. The third kappa shape index (κ3) is 2.91. The molecule has 1 amide bonds. The number of rotatable bonds is 3. The maximum absolute atomic E-state index is 12.7. The number of para-hydroxylation sites is 1. The fourth-order valence-electron chi connectivity index (χ4n) is 2.79. The van der Waals surface area contributed by atoms with Gasteiger partial charge in [0.1, 0.15) is 6.04 Å². The number of Topliss-reactive ketones (excluding diaryl/α,β-unsaturated/α-hetero) is 1. The van der Waals surface area contributed by atoms with Gasteiger partial charge in [0.05, 0.1) is 12.2 Å². The van der Waals surface area contributed by atoms with Crippen LogP contribution in [0.4, 0.5) is 10.5 Å². The van der Waals surface area contributed by atoms with E-state index in [1.807, 2.05) is 30.3 Å². The average molecular weight is 324 g/mol. The number of anilines is 1. The molecule has 0 saturated heterocycles. The topological polar surface area (TPSA) is 89.7 Å². The number of hydrogen-bond acceptors (Lipinski definition) is 5. The van der Waals surface area contributed by atoms with E-state index in [-0.39, 0.29) is 5.78 Å². The normalized spacial score (nSPS) is 16.0. The minimum Gasteiger partial charge on any atom is -0.375 e. The molecule has 0 radical (unpaired) electrons. The highest BCUT2D eigenvalue weighted by Crippen LogP contribution is 2.34. The summed E-state index contributed by atoms with van der Waals surface area (Å²) in [4.78, 5) is 37.7. The van der Waals surface area contributed by atoms with Crippen molar-refractivity contribution in [2.45, 2.75) is 12.5 Å². The number of benzene rings is 2. The number of amides is 1. The predicted molar refractivity (Wildman–Crippen MR) is 87.7 cm³/mol. The first kappa shape index (κ1) is 15.9. The zero-order valence-corrected chi connectivity index (χ0v) is 12.8. The van der Waals surface area contributed by atoms with Crippen molar-refractivity contribution in [3.05, 3.63) is 65.7 Å². The Balaban J connectivity index is 1.95. The van der Waals surface area contributed by atoms with Crippen LogP contribution >= 0.6 is 0 Å². The lowest BCUT2D eigenvalue weighted by molar-refractivity contribution is -0.135. The highest BCUT2D eigenvalue weighted by Gasteiger charge is 2.41. The van der Waals surface area contributed by atoms with Gasteiger partial charge in [0.2, 0.25) is 0 Å². The number of fused-ring (bicyclic) bond motifs is 1. The van der Waals surface area contributed by atoms with Crippen LogP contribution in [0.5, 0.6) is 0 Å². The van der Waals surface area contributed by atoms with E-state index in [2.05, 4.69) is 0 Å². The molecule has 0 aromatic heterocycles. The fraction of sp³-hybridized carbons (Fsp3) is 0.167. The van der Waals surface area contributed by atoms with Gasteiger partial charge in [0.25, 0.3) is 0 Å². The minimum atomic E-state index is -0.885. The number of hydrogen-bond donors (Lipinski definition) is 1. The first-order valence-electron chi connectivity index (χ1n) is 7.53. The quantitative estimate of drug-likeness (QED) is 0.688. The fourth-order valence-corrected chi connectivity index (χ4v) is 2.79. The Hall–Kier alpha value is -2.99. The molecule has 2 aromatic rings. The molecule has 6 nitrogen and oxygen atoms in total. The van der Waals surface area contributed by atoms with E-state index in [0.717, 1.165) is 5.56 Å². The molecule has 2 aromatic carbocycles. The third-order valence-electron chi connectivity index (χ3n) is 3.88. The zero-order valence-electron chi connectivity index (χ0n) is 12.8. The molecule has 1 aliphatic heterocycles. The van der Waals surface area contributed by atoms with Crippen LogP contribution in [0.15, 0.2) is 54.6 Å². The van der Waals surface area contributed by atoms with E-state index < -0.39 is 24.6 Å². The Morgan fingerprint density at radius 2 is 1.71 bits per heavy atom. The van der Waals surface area contributed by atoms with Crippen molar-refractivity contribution >= 4 is 23.5 Å². The Bertz CT molecular complexity index is 789. The second-order valence-electron chi connectivity index (χ2n) is 5.40. The summed E-state index contributed by atoms with van der Waals surface area (Å²) in [5, 5.41) is 0. The molecular weight excluding hydrogens is 308 g/mol. The number of nitrogens with zero attached hydrogens (tertiary/aromatic N) is 1. The first-order valence-corrected chi connectivity index (χ1v) is 7.53. The molecule has 1 atom stereocenters. The summed E-state index contributed by atoms with van der Waals surface area (Å²) >= 11 is 0. The van der Waals surface area contributed by atoms with E-state index in [1.54, 1.807) is 24.3 Å². The molecule has 2 N–H and O–H groups in total. The van der Waals surface area contributed by atoms with Gasteiger partial charge >= 0.3 is 12.1 Å². The van der Waals surface area contributed by atoms with Crippen LogP contribution < -0.4 is 10.6 Å². The molecule has 0 bridgehead atoms. The van der Waals surface area contributed by atoms with E-state index in [1.165, 1.54) is 4.90 Å². The van der Waals surface area contributed by atoms with Gasteiger partial charge in [-0.2, -0.15) is 0 Å². The summed E-state index contributed by atoms with van der Waals surface area (Å²) in [6.07, 6.45) is -0.551. The van der Waals surface area contributed by atoms with Gasteiger partial charge in [0.15, 0.2) is 5.78 Å². The van der Waals surface area contributed by atoms with Gasteiger partial charge in [-0.25, -0.2) is 4.79 Å². The Morgan fingerprint density at radius 1 is 1.04 bits per heavy atom. The zero-order chi connectivity index (χ0) is 17.1. The lowest BCUT2D eigenvalue weighted by Crippen LogP contribution is -2.43. The standard InChI is InChI=1S/C18H16N2O4/c19-11-16(21)24-18(23)20-14-9-5-4-8-13(14)17(22)15(20)10-12-6-2-1-3-7-12/h1-9,15H,10-11,19H2. The number of ketones is 1. The van der Waals surface area contributed by atoms with E-state index in [4.69, 9.17) is 10.5 Å². The van der Waals surface area contributed by atoms with Crippen LogP contribution in [0.2, 0.25) is 0 Å². The molecule has 122 valence electrons. The summed E-state index contributed by atoms with van der Waals surface area (Å²) < 4.78 is 4.73. The van der Waals surface area contributed by atoms with Crippen molar-refractivity contribution in [2.24, 2.45) is 5.73 Å². The van der Waals surface area contributed by atoms with Crippen LogP contribution in [-0.4, -0.2) is 30.4 Å². The summed E-state index contributed by atoms with van der Waals surface area (Å²) in [6, 6.07) is 15.4. The number of nitrogens with two attached hydrogens (primary N) is 1. The highest BCUT2D eigenvalue weighted by molar-refractivity contribution is 6.17. The van der Waals surface area contributed by atoms with Gasteiger partial charge in [0, 0.05) is 12.0 Å². The van der Waals surface area contributed by atoms with Gasteiger partial charge in [-0.15, -0.1) is 0 Å². The molecule has 1 heterocycles. The molecule has 3 rings (SSSR count). The van der Waals surface area contributed by atoms with E-state index >= 15 is 0 Å². The number of carbonyl (C=O) groups excluding carboxylic acids is 3. The molecule has 6 heteroatoms. The monoisotopic (exact) mass is 324 g/mol. The molecule has 0 saturated carbocycles. The summed E-state index contributed by atoms with van der Waals surface area (Å²) in [7, 11) is 0. The molecule has 24 heavy (non-hydrogen) atoms. The smallest absolute Gasteiger partial charge is 0.375 e. The van der Waals surface area contributed by atoms with Gasteiger partial charge in [-0.1, -0.05) is 42.5 Å². The van der Waals surface area contributed by atoms with E-state index in [9.17, 15) is 14.4 Å². The van der Waals surface area contributed by atoms with Crippen LogP contribution in [0.25, 0.3) is 0 Å². The van der Waals surface area contributed by atoms with Gasteiger partial charge in [-0.3, -0.25) is 14.5 Å². The Morgan fingerprint density at radius 3 is 2.42 bits per heavy atom.